The molecule has 24 heavy (non-hydrogen) atoms. The zero-order chi connectivity index (χ0) is 17.5. The lowest BCUT2D eigenvalue weighted by Crippen LogP contribution is -2.07. The fourth-order valence-electron chi connectivity index (χ4n) is 2.97. The molecule has 0 aromatic heterocycles. The maximum Gasteiger partial charge on any atom is 0.305 e. The molecule has 0 fully saturated rings. The summed E-state index contributed by atoms with van der Waals surface area (Å²) in [5.74, 6) is -0.760. The van der Waals surface area contributed by atoms with Crippen molar-refractivity contribution < 1.29 is 9.90 Å². The van der Waals surface area contributed by atoms with E-state index in [0.717, 1.165) is 12.1 Å². The molecule has 3 heteroatoms. The molecule has 3 nitrogen and oxygen atoms in total. The minimum Gasteiger partial charge on any atom is -0.481 e. The lowest BCUT2D eigenvalue weighted by atomic mass is 10.0. The van der Waals surface area contributed by atoms with Gasteiger partial charge in [0.15, 0.2) is 0 Å². The number of aryl methyl sites for hydroxylation is 1. The van der Waals surface area contributed by atoms with Crippen molar-refractivity contribution in [1.82, 2.24) is 0 Å². The van der Waals surface area contributed by atoms with Gasteiger partial charge < -0.3 is 10.4 Å². The molecule has 136 valence electrons. The molecule has 1 rings (SSSR count). The van der Waals surface area contributed by atoms with E-state index >= 15 is 0 Å². The van der Waals surface area contributed by atoms with Crippen molar-refractivity contribution in [3.05, 3.63) is 29.8 Å². The number of nitrogens with one attached hydrogen (secondary N) is 1. The summed E-state index contributed by atoms with van der Waals surface area (Å²) in [6.45, 7) is 2.75. The molecular formula is C21H35NO2. The Morgan fingerprint density at radius 2 is 1.58 bits per heavy atom. The molecule has 0 aliphatic heterocycles. The molecule has 0 atom stereocenters. The number of anilines is 1. The highest BCUT2D eigenvalue weighted by molar-refractivity contribution is 5.67. The van der Waals surface area contributed by atoms with E-state index in [4.69, 9.17) is 5.11 Å². The number of carbonyl (C=O) groups is 1. The van der Waals surface area contributed by atoms with E-state index < -0.39 is 5.97 Å². The normalized spacial score (nSPS) is 10.7. The Kier molecular flexibility index (Phi) is 11.9. The average Bonchev–Trinajstić information content (AvgIpc) is 2.57. The number of carboxylic acid groups (broad SMARTS) is 1. The second kappa shape index (κ2) is 13.9. The molecule has 1 aromatic rings. The summed E-state index contributed by atoms with van der Waals surface area (Å²) in [5.41, 5.74) is 2.37. The highest BCUT2D eigenvalue weighted by Crippen LogP contribution is 2.15. The van der Waals surface area contributed by atoms with Crippen LogP contribution in [0.15, 0.2) is 24.3 Å². The predicted molar refractivity (Wildman–Crippen MR) is 103 cm³/mol. The van der Waals surface area contributed by atoms with Crippen LogP contribution in [-0.4, -0.2) is 17.6 Å². The van der Waals surface area contributed by atoms with Crippen LogP contribution in [0.25, 0.3) is 0 Å². The van der Waals surface area contributed by atoms with Crippen LogP contribution >= 0.6 is 0 Å². The summed E-state index contributed by atoms with van der Waals surface area (Å²) in [6, 6.07) is 8.37. The second-order valence-corrected chi connectivity index (χ2v) is 6.70. The Bertz CT molecular complexity index is 445. The molecule has 0 aliphatic carbocycles. The monoisotopic (exact) mass is 333 g/mol. The first-order chi connectivity index (χ1) is 11.7. The summed E-state index contributed by atoms with van der Waals surface area (Å²) in [7, 11) is 0. The van der Waals surface area contributed by atoms with E-state index in [0.29, 0.717) is 6.54 Å². The number of aliphatic carboxylic acids is 1. The van der Waals surface area contributed by atoms with Crippen LogP contribution in [-0.2, 0) is 11.2 Å². The maximum absolute atomic E-state index is 10.5. The lowest BCUT2D eigenvalue weighted by molar-refractivity contribution is -0.136. The van der Waals surface area contributed by atoms with Gasteiger partial charge in [0, 0.05) is 12.2 Å². The number of hydrogen-bond donors (Lipinski definition) is 2. The van der Waals surface area contributed by atoms with Gasteiger partial charge in [-0.2, -0.15) is 0 Å². The minimum atomic E-state index is -0.760. The van der Waals surface area contributed by atoms with E-state index in [-0.39, 0.29) is 6.42 Å². The number of carboxylic acids is 1. The van der Waals surface area contributed by atoms with Gasteiger partial charge in [-0.1, -0.05) is 76.8 Å². The fourth-order valence-corrected chi connectivity index (χ4v) is 2.97. The number of rotatable bonds is 15. The highest BCUT2D eigenvalue weighted by atomic mass is 16.4. The van der Waals surface area contributed by atoms with Crippen LogP contribution in [0.3, 0.4) is 0 Å². The van der Waals surface area contributed by atoms with Gasteiger partial charge in [-0.3, -0.25) is 4.79 Å². The van der Waals surface area contributed by atoms with Crippen LogP contribution in [0.5, 0.6) is 0 Å². The van der Waals surface area contributed by atoms with Gasteiger partial charge in [0.25, 0.3) is 0 Å². The Hall–Kier alpha value is -1.51. The Morgan fingerprint density at radius 1 is 0.958 bits per heavy atom. The molecular weight excluding hydrogens is 298 g/mol. The zero-order valence-corrected chi connectivity index (χ0v) is 15.4. The number of unbranched alkanes of at least 4 members (excludes halogenated alkanes) is 9. The van der Waals surface area contributed by atoms with Crippen molar-refractivity contribution in [1.29, 1.82) is 0 Å². The van der Waals surface area contributed by atoms with Crippen molar-refractivity contribution in [2.24, 2.45) is 0 Å². The van der Waals surface area contributed by atoms with Gasteiger partial charge in [-0.25, -0.2) is 0 Å². The Morgan fingerprint density at radius 3 is 2.21 bits per heavy atom. The van der Waals surface area contributed by atoms with E-state index in [1.54, 1.807) is 0 Å². The molecule has 0 aliphatic rings. The molecule has 2 N–H and O–H groups in total. The molecule has 0 radical (unpaired) electrons. The van der Waals surface area contributed by atoms with Crippen molar-refractivity contribution >= 4 is 11.7 Å². The fraction of sp³-hybridized carbons (Fsp3) is 0.667. The quantitative estimate of drug-likeness (QED) is 0.385. The third-order valence-electron chi connectivity index (χ3n) is 4.41. The smallest absolute Gasteiger partial charge is 0.305 e. The van der Waals surface area contributed by atoms with Crippen LogP contribution in [0.4, 0.5) is 5.69 Å². The van der Waals surface area contributed by atoms with Gasteiger partial charge in [0.05, 0.1) is 6.42 Å². The summed E-state index contributed by atoms with van der Waals surface area (Å²) in [4.78, 5) is 10.5. The summed E-state index contributed by atoms with van der Waals surface area (Å²) in [5, 5.41) is 11.8. The summed E-state index contributed by atoms with van der Waals surface area (Å²) in [6.07, 6.45) is 14.9. The molecule has 0 bridgehead atoms. The topological polar surface area (TPSA) is 49.3 Å². The van der Waals surface area contributed by atoms with E-state index in [1.165, 1.54) is 69.8 Å². The van der Waals surface area contributed by atoms with Gasteiger partial charge >= 0.3 is 5.97 Å². The molecule has 0 saturated heterocycles. The van der Waals surface area contributed by atoms with Crippen molar-refractivity contribution in [3.8, 4) is 0 Å². The Labute approximate surface area is 147 Å². The van der Waals surface area contributed by atoms with Crippen molar-refractivity contribution in [2.45, 2.75) is 84.0 Å². The van der Waals surface area contributed by atoms with Crippen molar-refractivity contribution in [2.75, 3.05) is 11.9 Å². The Balaban J connectivity index is 2.05. The van der Waals surface area contributed by atoms with Crippen LogP contribution in [0.2, 0.25) is 0 Å². The third kappa shape index (κ3) is 11.1. The van der Waals surface area contributed by atoms with Crippen LogP contribution in [0.1, 0.15) is 83.1 Å². The first-order valence-electron chi connectivity index (χ1n) is 9.77. The number of hydrogen-bond acceptors (Lipinski definition) is 2. The zero-order valence-electron chi connectivity index (χ0n) is 15.4. The molecule has 0 spiro atoms. The summed E-state index contributed by atoms with van der Waals surface area (Å²) >= 11 is 0. The molecule has 0 unspecified atom stereocenters. The summed E-state index contributed by atoms with van der Waals surface area (Å²) < 4.78 is 0. The standard InChI is InChI=1S/C21H35NO2/c1-2-3-4-5-6-7-8-9-10-11-13-19-14-12-15-20(18-19)22-17-16-21(23)24/h12,14-15,18,22H,2-11,13,16-17H2,1H3,(H,23,24). The largest absolute Gasteiger partial charge is 0.481 e. The molecule has 1 aromatic carbocycles. The highest BCUT2D eigenvalue weighted by Gasteiger charge is 1.99. The van der Waals surface area contributed by atoms with Gasteiger partial charge in [-0.05, 0) is 30.5 Å². The van der Waals surface area contributed by atoms with E-state index in [2.05, 4.69) is 30.4 Å². The third-order valence-corrected chi connectivity index (χ3v) is 4.41. The number of benzene rings is 1. The van der Waals surface area contributed by atoms with E-state index in [9.17, 15) is 4.79 Å². The van der Waals surface area contributed by atoms with Crippen molar-refractivity contribution in [3.63, 3.8) is 0 Å². The molecule has 0 amide bonds. The van der Waals surface area contributed by atoms with Gasteiger partial charge in [0.2, 0.25) is 0 Å². The molecule has 0 heterocycles. The van der Waals surface area contributed by atoms with Gasteiger partial charge in [-0.15, -0.1) is 0 Å². The van der Waals surface area contributed by atoms with Crippen LogP contribution in [0, 0.1) is 0 Å². The lowest BCUT2D eigenvalue weighted by Gasteiger charge is -2.07. The minimum absolute atomic E-state index is 0.155. The second-order valence-electron chi connectivity index (χ2n) is 6.70. The maximum atomic E-state index is 10.5. The van der Waals surface area contributed by atoms with Crippen LogP contribution < -0.4 is 5.32 Å². The SMILES string of the molecule is CCCCCCCCCCCCc1cccc(NCCC(=O)O)c1. The van der Waals surface area contributed by atoms with Gasteiger partial charge in [0.1, 0.15) is 0 Å². The first kappa shape index (κ1) is 20.5. The van der Waals surface area contributed by atoms with E-state index in [1.807, 2.05) is 6.07 Å². The molecule has 0 saturated carbocycles. The average molecular weight is 334 g/mol. The predicted octanol–water partition coefficient (Wildman–Crippen LogP) is 6.04. The first-order valence-corrected chi connectivity index (χ1v) is 9.77.